The standard InChI is InChI=1S/C20H22N2O3/c1-10(2)17-18-11(3)22-25-20(18)21-15-8-13(9-16(24)19(15)17)12-4-6-14(23)7-5-12/h4-7,10,13,17,21,23H,8-9H2,1-3H3. The molecule has 2 heterocycles. The quantitative estimate of drug-likeness (QED) is 0.856. The Kier molecular flexibility index (Phi) is 3.67. The molecule has 2 aromatic rings. The summed E-state index contributed by atoms with van der Waals surface area (Å²) in [6.45, 7) is 6.20. The number of phenols is 1. The highest BCUT2D eigenvalue weighted by atomic mass is 16.5. The van der Waals surface area contributed by atoms with Gasteiger partial charge in [-0.3, -0.25) is 4.79 Å². The van der Waals surface area contributed by atoms with E-state index in [4.69, 9.17) is 4.52 Å². The van der Waals surface area contributed by atoms with Crippen molar-refractivity contribution < 1.29 is 14.4 Å². The first kappa shape index (κ1) is 15.9. The third-order valence-corrected chi connectivity index (χ3v) is 5.33. The average Bonchev–Trinajstić information content (AvgIpc) is 2.94. The molecule has 2 N–H and O–H groups in total. The van der Waals surface area contributed by atoms with Crippen molar-refractivity contribution in [1.82, 2.24) is 5.16 Å². The number of carbonyl (C=O) groups excluding carboxylic acids is 1. The number of nitrogens with one attached hydrogen (secondary N) is 1. The molecular weight excluding hydrogens is 316 g/mol. The molecule has 4 rings (SSSR count). The third kappa shape index (κ3) is 2.54. The second kappa shape index (κ2) is 5.76. The zero-order valence-corrected chi connectivity index (χ0v) is 14.7. The van der Waals surface area contributed by atoms with Gasteiger partial charge in [0.1, 0.15) is 5.75 Å². The molecule has 130 valence electrons. The average molecular weight is 338 g/mol. The van der Waals surface area contributed by atoms with E-state index in [0.29, 0.717) is 12.3 Å². The van der Waals surface area contributed by atoms with E-state index in [-0.39, 0.29) is 29.3 Å². The molecule has 0 amide bonds. The number of fused-ring (bicyclic) bond motifs is 1. The molecule has 1 aromatic heterocycles. The Morgan fingerprint density at radius 3 is 2.64 bits per heavy atom. The van der Waals surface area contributed by atoms with Crippen molar-refractivity contribution in [3.05, 3.63) is 52.4 Å². The highest BCUT2D eigenvalue weighted by Gasteiger charge is 2.41. The van der Waals surface area contributed by atoms with E-state index in [9.17, 15) is 9.90 Å². The van der Waals surface area contributed by atoms with Crippen LogP contribution in [0.1, 0.15) is 55.3 Å². The molecule has 25 heavy (non-hydrogen) atoms. The van der Waals surface area contributed by atoms with Crippen LogP contribution in [-0.2, 0) is 4.79 Å². The van der Waals surface area contributed by atoms with E-state index in [1.807, 2.05) is 19.1 Å². The number of benzene rings is 1. The molecule has 5 nitrogen and oxygen atoms in total. The summed E-state index contributed by atoms with van der Waals surface area (Å²) in [5.41, 5.74) is 4.78. The fraction of sp³-hybridized carbons (Fsp3) is 0.400. The van der Waals surface area contributed by atoms with Crippen LogP contribution in [-0.4, -0.2) is 16.0 Å². The molecule has 1 aliphatic carbocycles. The number of nitrogens with zero attached hydrogens (tertiary/aromatic N) is 1. The van der Waals surface area contributed by atoms with Crippen molar-refractivity contribution in [2.24, 2.45) is 5.92 Å². The molecule has 0 saturated heterocycles. The molecule has 5 heteroatoms. The van der Waals surface area contributed by atoms with Gasteiger partial charge >= 0.3 is 0 Å². The minimum absolute atomic E-state index is 0.0331. The van der Waals surface area contributed by atoms with Gasteiger partial charge in [-0.2, -0.15) is 0 Å². The van der Waals surface area contributed by atoms with Crippen molar-refractivity contribution >= 4 is 11.7 Å². The monoisotopic (exact) mass is 338 g/mol. The first-order valence-corrected chi connectivity index (χ1v) is 8.74. The van der Waals surface area contributed by atoms with Gasteiger partial charge in [0, 0.05) is 29.2 Å². The van der Waals surface area contributed by atoms with Gasteiger partial charge in [0.15, 0.2) is 5.78 Å². The summed E-state index contributed by atoms with van der Waals surface area (Å²) in [4.78, 5) is 13.0. The summed E-state index contributed by atoms with van der Waals surface area (Å²) in [6.07, 6.45) is 1.25. The summed E-state index contributed by atoms with van der Waals surface area (Å²) < 4.78 is 5.47. The number of allylic oxidation sites excluding steroid dienone is 2. The second-order valence-electron chi connectivity index (χ2n) is 7.37. The number of aromatic hydroxyl groups is 1. The number of hydrogen-bond donors (Lipinski definition) is 2. The second-order valence-corrected chi connectivity index (χ2v) is 7.37. The maximum atomic E-state index is 13.0. The molecular formula is C20H22N2O3. The van der Waals surface area contributed by atoms with Crippen molar-refractivity contribution in [2.75, 3.05) is 5.32 Å². The van der Waals surface area contributed by atoms with Crippen LogP contribution in [0.3, 0.4) is 0 Å². The predicted octanol–water partition coefficient (Wildman–Crippen LogP) is 4.25. The molecule has 0 spiro atoms. The smallest absolute Gasteiger partial charge is 0.232 e. The molecule has 2 aliphatic rings. The minimum Gasteiger partial charge on any atom is -0.508 e. The highest BCUT2D eigenvalue weighted by Crippen LogP contribution is 2.49. The number of carbonyl (C=O) groups is 1. The molecule has 2 atom stereocenters. The number of ketones is 1. The molecule has 1 aromatic carbocycles. The molecule has 0 bridgehead atoms. The van der Waals surface area contributed by atoms with Crippen molar-refractivity contribution in [3.63, 3.8) is 0 Å². The fourth-order valence-electron chi connectivity index (χ4n) is 4.17. The van der Waals surface area contributed by atoms with Crippen LogP contribution < -0.4 is 5.32 Å². The lowest BCUT2D eigenvalue weighted by Gasteiger charge is -2.35. The van der Waals surface area contributed by atoms with Gasteiger partial charge < -0.3 is 14.9 Å². The van der Waals surface area contributed by atoms with Crippen molar-refractivity contribution in [3.8, 4) is 5.75 Å². The Morgan fingerprint density at radius 2 is 1.96 bits per heavy atom. The lowest BCUT2D eigenvalue weighted by atomic mass is 9.71. The Labute approximate surface area is 146 Å². The number of hydrogen-bond acceptors (Lipinski definition) is 5. The van der Waals surface area contributed by atoms with Crippen LogP contribution in [0, 0.1) is 12.8 Å². The van der Waals surface area contributed by atoms with Gasteiger partial charge in [-0.15, -0.1) is 0 Å². The van der Waals surface area contributed by atoms with Gasteiger partial charge in [0.05, 0.1) is 5.69 Å². The Bertz CT molecular complexity index is 862. The van der Waals surface area contributed by atoms with Crippen molar-refractivity contribution in [2.45, 2.75) is 45.4 Å². The van der Waals surface area contributed by atoms with Crippen LogP contribution in [0.2, 0.25) is 0 Å². The highest BCUT2D eigenvalue weighted by molar-refractivity contribution is 6.00. The number of anilines is 1. The number of aryl methyl sites for hydroxylation is 1. The zero-order chi connectivity index (χ0) is 17.7. The minimum atomic E-state index is 0.0331. The van der Waals surface area contributed by atoms with Crippen LogP contribution in [0.5, 0.6) is 5.75 Å². The summed E-state index contributed by atoms with van der Waals surface area (Å²) in [6, 6.07) is 7.14. The number of aromatic nitrogens is 1. The normalized spacial score (nSPS) is 22.6. The van der Waals surface area contributed by atoms with Crippen LogP contribution >= 0.6 is 0 Å². The van der Waals surface area contributed by atoms with E-state index < -0.39 is 0 Å². The SMILES string of the molecule is Cc1noc2c1C(C(C)C)C1=C(CC(c3ccc(O)cc3)CC1=O)N2. The lowest BCUT2D eigenvalue weighted by molar-refractivity contribution is -0.116. The largest absolute Gasteiger partial charge is 0.508 e. The van der Waals surface area contributed by atoms with E-state index in [1.165, 1.54) is 0 Å². The molecule has 0 saturated carbocycles. The van der Waals surface area contributed by atoms with Crippen molar-refractivity contribution in [1.29, 1.82) is 0 Å². The number of phenolic OH excluding ortho intramolecular Hbond substituents is 1. The third-order valence-electron chi connectivity index (χ3n) is 5.33. The molecule has 0 fully saturated rings. The fourth-order valence-corrected chi connectivity index (χ4v) is 4.17. The number of Topliss-reactive ketones (excluding diaryl/α,β-unsaturated/α-hetero) is 1. The Morgan fingerprint density at radius 1 is 1.24 bits per heavy atom. The molecule has 2 unspecified atom stereocenters. The number of rotatable bonds is 2. The summed E-state index contributed by atoms with van der Waals surface area (Å²) in [5, 5.41) is 16.9. The Hall–Kier alpha value is -2.56. The summed E-state index contributed by atoms with van der Waals surface area (Å²) in [5.74, 6) is 1.54. The van der Waals surface area contributed by atoms with E-state index in [1.54, 1.807) is 12.1 Å². The lowest BCUT2D eigenvalue weighted by Crippen LogP contribution is -2.31. The predicted molar refractivity (Wildman–Crippen MR) is 94.6 cm³/mol. The summed E-state index contributed by atoms with van der Waals surface area (Å²) in [7, 11) is 0. The van der Waals surface area contributed by atoms with Gasteiger partial charge in [-0.05, 0) is 42.9 Å². The molecule has 1 aliphatic heterocycles. The van der Waals surface area contributed by atoms with E-state index >= 15 is 0 Å². The maximum absolute atomic E-state index is 13.0. The summed E-state index contributed by atoms with van der Waals surface area (Å²) >= 11 is 0. The maximum Gasteiger partial charge on any atom is 0.232 e. The van der Waals surface area contributed by atoms with Gasteiger partial charge in [0.25, 0.3) is 0 Å². The first-order chi connectivity index (χ1) is 12.0. The van der Waals surface area contributed by atoms with Gasteiger partial charge in [-0.1, -0.05) is 31.1 Å². The van der Waals surface area contributed by atoms with Crippen LogP contribution in [0.25, 0.3) is 0 Å². The van der Waals surface area contributed by atoms with Crippen LogP contribution in [0.4, 0.5) is 5.88 Å². The van der Waals surface area contributed by atoms with Crippen LogP contribution in [0.15, 0.2) is 40.1 Å². The zero-order valence-electron chi connectivity index (χ0n) is 14.7. The van der Waals surface area contributed by atoms with E-state index in [0.717, 1.165) is 34.5 Å². The van der Waals surface area contributed by atoms with E-state index in [2.05, 4.69) is 24.3 Å². The topological polar surface area (TPSA) is 75.4 Å². The Balaban J connectivity index is 1.74. The first-order valence-electron chi connectivity index (χ1n) is 8.74. The van der Waals surface area contributed by atoms with Gasteiger partial charge in [0.2, 0.25) is 5.88 Å². The van der Waals surface area contributed by atoms with Gasteiger partial charge in [-0.25, -0.2) is 0 Å². The molecule has 0 radical (unpaired) electrons.